The van der Waals surface area contributed by atoms with Gasteiger partial charge in [0.1, 0.15) is 6.54 Å². The minimum absolute atomic E-state index is 0.0698. The molecule has 0 bridgehead atoms. The van der Waals surface area contributed by atoms with Crippen LogP contribution in [0, 0.1) is 0 Å². The second-order valence-corrected chi connectivity index (χ2v) is 11.0. The van der Waals surface area contributed by atoms with Gasteiger partial charge < -0.3 is 19.6 Å². The third-order valence-electron chi connectivity index (χ3n) is 8.05. The number of amides is 1. The van der Waals surface area contributed by atoms with Crippen LogP contribution in [0.4, 0.5) is 30.5 Å². The van der Waals surface area contributed by atoms with E-state index < -0.39 is 11.7 Å². The van der Waals surface area contributed by atoms with Gasteiger partial charge in [-0.3, -0.25) is 4.79 Å². The molecule has 5 heterocycles. The molecule has 1 atom stereocenters. The summed E-state index contributed by atoms with van der Waals surface area (Å²) >= 11 is 0. The van der Waals surface area contributed by atoms with E-state index in [1.54, 1.807) is 40.4 Å². The quantitative estimate of drug-likeness (QED) is 0.355. The van der Waals surface area contributed by atoms with E-state index in [4.69, 9.17) is 0 Å². The normalized spacial score (nSPS) is 17.5. The zero-order chi connectivity index (χ0) is 29.6. The van der Waals surface area contributed by atoms with Gasteiger partial charge in [0.05, 0.1) is 29.8 Å². The summed E-state index contributed by atoms with van der Waals surface area (Å²) in [6.45, 7) is 4.24. The van der Waals surface area contributed by atoms with E-state index in [1.807, 2.05) is 43.0 Å². The predicted octanol–water partition coefficient (Wildman–Crippen LogP) is 3.61. The number of aromatic nitrogens is 5. The first-order chi connectivity index (χ1) is 20.1. The molecule has 1 saturated heterocycles. The van der Waals surface area contributed by atoms with Crippen molar-refractivity contribution in [1.29, 1.82) is 0 Å². The maximum absolute atomic E-state index is 14.0. The fourth-order valence-electron chi connectivity index (χ4n) is 5.94. The van der Waals surface area contributed by atoms with Crippen molar-refractivity contribution in [2.75, 3.05) is 55.0 Å². The van der Waals surface area contributed by atoms with Crippen molar-refractivity contribution in [3.05, 3.63) is 65.7 Å². The summed E-state index contributed by atoms with van der Waals surface area (Å²) in [5.41, 5.74) is 2.61. The Morgan fingerprint density at radius 1 is 1.00 bits per heavy atom. The van der Waals surface area contributed by atoms with Crippen molar-refractivity contribution in [1.82, 2.24) is 29.6 Å². The topological polar surface area (TPSA) is 86.5 Å². The maximum atomic E-state index is 14.0. The minimum Gasteiger partial charge on any atom is -0.367 e. The summed E-state index contributed by atoms with van der Waals surface area (Å²) in [4.78, 5) is 34.2. The molecule has 4 aromatic rings. The molecule has 1 fully saturated rings. The number of rotatable bonds is 5. The highest BCUT2D eigenvalue weighted by molar-refractivity contribution is 5.80. The van der Waals surface area contributed by atoms with Gasteiger partial charge in [0.25, 0.3) is 0 Å². The summed E-state index contributed by atoms with van der Waals surface area (Å²) in [6.07, 6.45) is 2.61. The van der Waals surface area contributed by atoms with Gasteiger partial charge in [-0.15, -0.1) is 0 Å². The van der Waals surface area contributed by atoms with Crippen molar-refractivity contribution in [2.24, 2.45) is 0 Å². The van der Waals surface area contributed by atoms with Crippen LogP contribution in [-0.2, 0) is 30.5 Å². The number of alkyl halides is 3. The number of halogens is 3. The summed E-state index contributed by atoms with van der Waals surface area (Å²) in [5, 5.41) is 5.19. The van der Waals surface area contributed by atoms with E-state index >= 15 is 0 Å². The van der Waals surface area contributed by atoms with E-state index in [0.29, 0.717) is 55.4 Å². The van der Waals surface area contributed by atoms with E-state index in [-0.39, 0.29) is 24.9 Å². The van der Waals surface area contributed by atoms with Gasteiger partial charge in [0.15, 0.2) is 5.65 Å². The van der Waals surface area contributed by atoms with Gasteiger partial charge in [-0.25, -0.2) is 19.6 Å². The summed E-state index contributed by atoms with van der Waals surface area (Å²) in [6, 6.07) is 6.37. The first-order valence-corrected chi connectivity index (χ1v) is 13.9. The van der Waals surface area contributed by atoms with E-state index in [0.717, 1.165) is 16.8 Å². The molecule has 0 N–H and O–H groups in total. The molecule has 1 aromatic carbocycles. The van der Waals surface area contributed by atoms with Gasteiger partial charge >= 0.3 is 6.18 Å². The lowest BCUT2D eigenvalue weighted by Crippen LogP contribution is -2.55. The van der Waals surface area contributed by atoms with Crippen LogP contribution in [-0.4, -0.2) is 81.9 Å². The van der Waals surface area contributed by atoms with Crippen LogP contribution in [0.1, 0.15) is 23.6 Å². The Bertz CT molecular complexity index is 1600. The van der Waals surface area contributed by atoms with Gasteiger partial charge in [-0.2, -0.15) is 18.3 Å². The van der Waals surface area contributed by atoms with Gasteiger partial charge in [0.2, 0.25) is 11.9 Å². The Kier molecular flexibility index (Phi) is 7.11. The van der Waals surface area contributed by atoms with Crippen molar-refractivity contribution < 1.29 is 18.0 Å². The smallest absolute Gasteiger partial charge is 0.367 e. The van der Waals surface area contributed by atoms with Crippen LogP contribution in [0.5, 0.6) is 0 Å². The highest BCUT2D eigenvalue weighted by Crippen LogP contribution is 2.40. The van der Waals surface area contributed by atoms with Gasteiger partial charge in [-0.1, -0.05) is 0 Å². The fraction of sp³-hybridized carbons (Fsp3) is 0.414. The Hall–Kier alpha value is -4.42. The van der Waals surface area contributed by atoms with Crippen LogP contribution in [0.15, 0.2) is 49.1 Å². The van der Waals surface area contributed by atoms with E-state index in [2.05, 4.69) is 25.0 Å². The molecule has 1 amide bonds. The van der Waals surface area contributed by atoms with Crippen LogP contribution in [0.2, 0.25) is 0 Å². The Labute approximate surface area is 241 Å². The van der Waals surface area contributed by atoms with Crippen molar-refractivity contribution in [3.63, 3.8) is 0 Å². The fourth-order valence-corrected chi connectivity index (χ4v) is 5.94. The number of piperazine rings is 1. The molecule has 2 aliphatic heterocycles. The number of benzene rings is 1. The standard InChI is InChI=1S/C29H32F3N9O/c1-19-16-39(11-12-40(19)26(42)18-41-27-20(13-36-41)5-4-9-33-27)25-7-6-24(29(30,31)32)22-8-10-38(17-23(22)25)21-14-34-28(35-15-21)37(2)3/h4-7,9,13-15,19H,8,10-12,16-18H2,1-3H3. The molecule has 6 rings (SSSR count). The second-order valence-electron chi connectivity index (χ2n) is 11.0. The molecule has 0 radical (unpaired) electrons. The number of pyridine rings is 1. The molecule has 220 valence electrons. The zero-order valence-electron chi connectivity index (χ0n) is 23.7. The zero-order valence-corrected chi connectivity index (χ0v) is 23.7. The van der Waals surface area contributed by atoms with Crippen LogP contribution < -0.4 is 14.7 Å². The second kappa shape index (κ2) is 10.8. The number of fused-ring (bicyclic) bond motifs is 2. The number of carbonyl (C=O) groups is 1. The number of anilines is 3. The molecular weight excluding hydrogens is 547 g/mol. The number of carbonyl (C=O) groups excluding carboxylic acids is 1. The lowest BCUT2D eigenvalue weighted by atomic mass is 9.91. The lowest BCUT2D eigenvalue weighted by Gasteiger charge is -2.43. The molecule has 2 aliphatic rings. The van der Waals surface area contributed by atoms with Gasteiger partial charge in [-0.05, 0) is 48.7 Å². The Morgan fingerprint density at radius 3 is 2.50 bits per heavy atom. The third-order valence-corrected chi connectivity index (χ3v) is 8.05. The molecule has 0 saturated carbocycles. The maximum Gasteiger partial charge on any atom is 0.416 e. The van der Waals surface area contributed by atoms with Crippen LogP contribution >= 0.6 is 0 Å². The SMILES string of the molecule is CC1CN(c2ccc(C(F)(F)F)c3c2CN(c2cnc(N(C)C)nc2)CC3)CCN1C(=O)Cn1ncc2cccnc21. The van der Waals surface area contributed by atoms with Crippen LogP contribution in [0.3, 0.4) is 0 Å². The van der Waals surface area contributed by atoms with Crippen molar-refractivity contribution >= 4 is 34.3 Å². The minimum atomic E-state index is -4.44. The molecule has 10 nitrogen and oxygen atoms in total. The average Bonchev–Trinajstić information content (AvgIpc) is 3.38. The molecule has 1 unspecified atom stereocenters. The monoisotopic (exact) mass is 579 g/mol. The van der Waals surface area contributed by atoms with Crippen molar-refractivity contribution in [3.8, 4) is 0 Å². The number of nitrogens with zero attached hydrogens (tertiary/aromatic N) is 9. The molecule has 3 aromatic heterocycles. The van der Waals surface area contributed by atoms with Crippen LogP contribution in [0.25, 0.3) is 11.0 Å². The largest absolute Gasteiger partial charge is 0.416 e. The molecule has 0 spiro atoms. The third kappa shape index (κ3) is 5.19. The molecule has 13 heteroatoms. The van der Waals surface area contributed by atoms with E-state index in [1.165, 1.54) is 6.07 Å². The predicted molar refractivity (Wildman–Crippen MR) is 153 cm³/mol. The summed E-state index contributed by atoms with van der Waals surface area (Å²) < 4.78 is 43.7. The van der Waals surface area contributed by atoms with Gasteiger partial charge in [0, 0.05) is 70.1 Å². The number of hydrogen-bond acceptors (Lipinski definition) is 8. The van der Waals surface area contributed by atoms with Crippen molar-refractivity contribution in [2.45, 2.75) is 38.7 Å². The first kappa shape index (κ1) is 27.7. The lowest BCUT2D eigenvalue weighted by molar-refractivity contribution is -0.138. The van der Waals surface area contributed by atoms with E-state index in [9.17, 15) is 18.0 Å². The summed E-state index contributed by atoms with van der Waals surface area (Å²) in [5.74, 6) is 0.495. The average molecular weight is 580 g/mol. The molecule has 42 heavy (non-hydrogen) atoms. The Balaban J connectivity index is 1.23. The Morgan fingerprint density at radius 2 is 1.79 bits per heavy atom. The summed E-state index contributed by atoms with van der Waals surface area (Å²) in [7, 11) is 3.70. The highest BCUT2D eigenvalue weighted by atomic mass is 19.4. The molecule has 0 aliphatic carbocycles. The first-order valence-electron chi connectivity index (χ1n) is 13.9. The number of hydrogen-bond donors (Lipinski definition) is 0. The highest BCUT2D eigenvalue weighted by Gasteiger charge is 2.38. The molecular formula is C29H32F3N9O.